The highest BCUT2D eigenvalue weighted by molar-refractivity contribution is 6.39. The number of hydrogen-bond acceptors (Lipinski definition) is 4. The van der Waals surface area contributed by atoms with E-state index >= 15 is 0 Å². The van der Waals surface area contributed by atoms with Gasteiger partial charge in [-0.05, 0) is 16.8 Å². The number of rotatable bonds is 3. The van der Waals surface area contributed by atoms with E-state index in [9.17, 15) is 14.4 Å². The molecule has 1 unspecified atom stereocenters. The van der Waals surface area contributed by atoms with Gasteiger partial charge >= 0.3 is 0 Å². The number of para-hydroxylation sites is 1. The fourth-order valence-electron chi connectivity index (χ4n) is 5.26. The number of carbonyl (C=O) groups is 3. The fourth-order valence-corrected chi connectivity index (χ4v) is 5.26. The lowest BCUT2D eigenvalue weighted by molar-refractivity contribution is -0.536. The van der Waals surface area contributed by atoms with E-state index in [2.05, 4.69) is 15.0 Å². The normalized spacial score (nSPS) is 21.3. The molecular weight excluding hydrogens is 430 g/mol. The standard InChI is InChI=1S/C26H23N5O3/c1-15(2)26(34)30-11-10-29-14-19(17-7-5-6-16(13-30)23(17)29)22-21(24(32)28-25(22)33)18-12-27-31-9-4-3-8-20(18)31/h3-9,12,14-15,20H,10-11,13H2,1-2H3/p+1. The van der Waals surface area contributed by atoms with E-state index in [1.807, 2.05) is 67.6 Å². The van der Waals surface area contributed by atoms with Crippen molar-refractivity contribution in [1.29, 1.82) is 0 Å². The van der Waals surface area contributed by atoms with Crippen LogP contribution in [0.1, 0.15) is 25.0 Å². The number of carbonyl (C=O) groups excluding carboxylic acids is 3. The zero-order valence-corrected chi connectivity index (χ0v) is 19.0. The van der Waals surface area contributed by atoms with E-state index in [1.165, 1.54) is 0 Å². The molecule has 1 aromatic heterocycles. The molecule has 0 aliphatic carbocycles. The molecule has 0 saturated carbocycles. The van der Waals surface area contributed by atoms with Crippen LogP contribution >= 0.6 is 0 Å². The van der Waals surface area contributed by atoms with Crippen molar-refractivity contribution in [1.82, 2.24) is 14.8 Å². The van der Waals surface area contributed by atoms with E-state index in [-0.39, 0.29) is 17.9 Å². The van der Waals surface area contributed by atoms with Gasteiger partial charge in [0.25, 0.3) is 11.8 Å². The van der Waals surface area contributed by atoms with E-state index in [1.54, 1.807) is 10.9 Å². The van der Waals surface area contributed by atoms with Gasteiger partial charge in [0, 0.05) is 48.8 Å². The van der Waals surface area contributed by atoms with Crippen molar-refractivity contribution >= 4 is 34.2 Å². The highest BCUT2D eigenvalue weighted by Gasteiger charge is 2.42. The maximum atomic E-state index is 13.1. The Kier molecular flexibility index (Phi) is 4.52. The largest absolute Gasteiger partial charge is 0.345 e. The summed E-state index contributed by atoms with van der Waals surface area (Å²) in [6.07, 6.45) is 11.2. The molecule has 1 atom stereocenters. The van der Waals surface area contributed by atoms with Crippen LogP contribution in [-0.2, 0) is 27.5 Å². The molecule has 0 bridgehead atoms. The van der Waals surface area contributed by atoms with Crippen LogP contribution in [0.3, 0.4) is 0 Å². The van der Waals surface area contributed by atoms with Crippen LogP contribution in [0.5, 0.6) is 0 Å². The summed E-state index contributed by atoms with van der Waals surface area (Å²) >= 11 is 0. The Morgan fingerprint density at radius 1 is 1.15 bits per heavy atom. The Bertz CT molecular complexity index is 1450. The molecule has 4 aliphatic rings. The van der Waals surface area contributed by atoms with Gasteiger partial charge in [-0.1, -0.05) is 42.8 Å². The number of allylic oxidation sites excluding steroid dienone is 2. The third-order valence-electron chi connectivity index (χ3n) is 6.83. The van der Waals surface area contributed by atoms with Crippen LogP contribution in [0.25, 0.3) is 16.5 Å². The highest BCUT2D eigenvalue weighted by atomic mass is 16.2. The number of nitrogens with one attached hydrogen (secondary N) is 1. The van der Waals surface area contributed by atoms with Crippen molar-refractivity contribution in [3.8, 4) is 0 Å². The number of amides is 3. The van der Waals surface area contributed by atoms with Crippen molar-refractivity contribution in [3.63, 3.8) is 0 Å². The first-order valence-corrected chi connectivity index (χ1v) is 11.5. The van der Waals surface area contributed by atoms with Gasteiger partial charge in [-0.3, -0.25) is 19.7 Å². The van der Waals surface area contributed by atoms with E-state index in [0.717, 1.165) is 22.0 Å². The summed E-state index contributed by atoms with van der Waals surface area (Å²) in [4.78, 5) is 40.6. The van der Waals surface area contributed by atoms with Gasteiger partial charge in [-0.2, -0.15) is 0 Å². The molecule has 0 fully saturated rings. The molecule has 1 N–H and O–H groups in total. The number of nitrogens with zero attached hydrogens (tertiary/aromatic N) is 4. The fraction of sp³-hybridized carbons (Fsp3) is 0.269. The molecule has 5 heterocycles. The SMILES string of the molecule is CC(C)C(=O)N1CCn2cc(C3=C(C4=CN=[N+]5C=CC=CC45)C(=O)NC3=O)c3cccc(c32)C1. The Balaban J connectivity index is 1.50. The highest BCUT2D eigenvalue weighted by Crippen LogP contribution is 2.39. The van der Waals surface area contributed by atoms with Gasteiger partial charge in [-0.25, -0.2) is 0 Å². The van der Waals surface area contributed by atoms with E-state index in [4.69, 9.17) is 0 Å². The Hall–Kier alpha value is -4.07. The number of benzene rings is 1. The van der Waals surface area contributed by atoms with Gasteiger partial charge in [0.15, 0.2) is 6.20 Å². The lowest BCUT2D eigenvalue weighted by Crippen LogP contribution is -2.35. The molecule has 8 nitrogen and oxygen atoms in total. The van der Waals surface area contributed by atoms with Crippen molar-refractivity contribution in [2.75, 3.05) is 6.54 Å². The molecule has 0 saturated heterocycles. The molecule has 2 aromatic rings. The average molecular weight is 455 g/mol. The molecule has 0 spiro atoms. The predicted molar refractivity (Wildman–Crippen MR) is 125 cm³/mol. The minimum absolute atomic E-state index is 0.0681. The van der Waals surface area contributed by atoms with Gasteiger partial charge in [0.1, 0.15) is 6.20 Å². The smallest absolute Gasteiger partial charge is 0.259 e. The molecule has 1 aromatic carbocycles. The van der Waals surface area contributed by atoms with Crippen LogP contribution in [0.2, 0.25) is 0 Å². The molecule has 34 heavy (non-hydrogen) atoms. The van der Waals surface area contributed by atoms with Crippen LogP contribution < -0.4 is 5.32 Å². The van der Waals surface area contributed by atoms with Crippen LogP contribution in [0.4, 0.5) is 0 Å². The number of fused-ring (bicyclic) bond motifs is 1. The third kappa shape index (κ3) is 2.95. The predicted octanol–water partition coefficient (Wildman–Crippen LogP) is 2.86. The summed E-state index contributed by atoms with van der Waals surface area (Å²) in [5, 5.41) is 7.80. The third-order valence-corrected chi connectivity index (χ3v) is 6.83. The van der Waals surface area contributed by atoms with Gasteiger partial charge in [0.2, 0.25) is 11.9 Å². The summed E-state index contributed by atoms with van der Waals surface area (Å²) in [7, 11) is 0. The van der Waals surface area contributed by atoms with Crippen LogP contribution in [0.15, 0.2) is 71.3 Å². The van der Waals surface area contributed by atoms with Gasteiger partial charge in [-0.15, -0.1) is 0 Å². The summed E-state index contributed by atoms with van der Waals surface area (Å²) < 4.78 is 3.88. The van der Waals surface area contributed by atoms with E-state index < -0.39 is 11.8 Å². The summed E-state index contributed by atoms with van der Waals surface area (Å²) in [5.41, 5.74) is 4.23. The molecule has 0 radical (unpaired) electrons. The van der Waals surface area contributed by atoms with E-state index in [0.29, 0.717) is 36.4 Å². The zero-order chi connectivity index (χ0) is 23.6. The van der Waals surface area contributed by atoms with Crippen molar-refractivity contribution in [2.45, 2.75) is 33.0 Å². The van der Waals surface area contributed by atoms with Gasteiger partial charge in [0.05, 0.1) is 22.2 Å². The second kappa shape index (κ2) is 7.48. The molecule has 170 valence electrons. The summed E-state index contributed by atoms with van der Waals surface area (Å²) in [5.74, 6) is -0.733. The molecule has 3 amide bonds. The average Bonchev–Trinajstić information content (AvgIpc) is 3.44. The maximum Gasteiger partial charge on any atom is 0.259 e. The second-order valence-corrected chi connectivity index (χ2v) is 9.25. The minimum atomic E-state index is -0.399. The Morgan fingerprint density at radius 2 is 1.97 bits per heavy atom. The zero-order valence-electron chi connectivity index (χ0n) is 19.0. The monoisotopic (exact) mass is 454 g/mol. The Morgan fingerprint density at radius 3 is 2.79 bits per heavy atom. The molecule has 8 heteroatoms. The minimum Gasteiger partial charge on any atom is -0.345 e. The molecular formula is C26H24N5O3+. The topological polar surface area (TPSA) is 86.8 Å². The van der Waals surface area contributed by atoms with Gasteiger partial charge < -0.3 is 9.47 Å². The first-order chi connectivity index (χ1) is 16.4. The van der Waals surface area contributed by atoms with Crippen LogP contribution in [0, 0.1) is 5.92 Å². The maximum absolute atomic E-state index is 13.1. The quantitative estimate of drug-likeness (QED) is 0.572. The molecule has 6 rings (SSSR count). The number of aromatic nitrogens is 1. The van der Waals surface area contributed by atoms with Crippen molar-refractivity contribution in [3.05, 3.63) is 77.3 Å². The number of imide groups is 1. The van der Waals surface area contributed by atoms with Crippen molar-refractivity contribution in [2.24, 2.45) is 11.0 Å². The second-order valence-electron chi connectivity index (χ2n) is 9.25. The number of azo groups is 2. The molecule has 4 aliphatic heterocycles. The first-order valence-electron chi connectivity index (χ1n) is 11.5. The Labute approximate surface area is 196 Å². The summed E-state index contributed by atoms with van der Waals surface area (Å²) in [6.45, 7) is 5.56. The lowest BCUT2D eigenvalue weighted by Gasteiger charge is -2.23. The summed E-state index contributed by atoms with van der Waals surface area (Å²) in [6, 6.07) is 5.74. The lowest BCUT2D eigenvalue weighted by atomic mass is 9.91. The van der Waals surface area contributed by atoms with Crippen LogP contribution in [-0.4, -0.2) is 44.5 Å². The number of hydrogen-bond donors (Lipinski definition) is 1. The van der Waals surface area contributed by atoms with Crippen molar-refractivity contribution < 1.29 is 19.1 Å². The first kappa shape index (κ1) is 20.5.